The zero-order chi connectivity index (χ0) is 29.7. The summed E-state index contributed by atoms with van der Waals surface area (Å²) in [6.45, 7) is 11.5. The molecule has 4 rings (SSSR count). The molecule has 1 saturated carbocycles. The summed E-state index contributed by atoms with van der Waals surface area (Å²) in [5.74, 6) is 1.24. The molecule has 1 unspecified atom stereocenters. The maximum atomic E-state index is 15.0. The second kappa shape index (κ2) is 13.5. The van der Waals surface area contributed by atoms with E-state index in [-0.39, 0.29) is 5.92 Å². The van der Waals surface area contributed by atoms with Gasteiger partial charge in [0.1, 0.15) is 18.2 Å². The Kier molecular flexibility index (Phi) is 10.3. The molecule has 2 aromatic carbocycles. The van der Waals surface area contributed by atoms with Crippen LogP contribution in [0.3, 0.4) is 0 Å². The molecule has 0 bridgehead atoms. The smallest absolute Gasteiger partial charge is 0.213 e. The predicted octanol–water partition coefficient (Wildman–Crippen LogP) is 7.88. The van der Waals surface area contributed by atoms with Crippen LogP contribution in [-0.4, -0.2) is 46.3 Å². The van der Waals surface area contributed by atoms with E-state index >= 15 is 0 Å². The summed E-state index contributed by atoms with van der Waals surface area (Å²) in [4.78, 5) is 16.7. The fourth-order valence-electron chi connectivity index (χ4n) is 5.49. The Balaban J connectivity index is 1.60. The Morgan fingerprint density at radius 2 is 1.80 bits per heavy atom. The van der Waals surface area contributed by atoms with Gasteiger partial charge in [-0.2, -0.15) is 0 Å². The number of hydrogen-bond donors (Lipinski definition) is 1. The molecular weight excluding hydrogens is 538 g/mol. The molecule has 1 N–H and O–H groups in total. The molecule has 6 nitrogen and oxygen atoms in total. The highest BCUT2D eigenvalue weighted by molar-refractivity contribution is 7.58. The van der Waals surface area contributed by atoms with Crippen molar-refractivity contribution >= 4 is 7.37 Å². The van der Waals surface area contributed by atoms with Gasteiger partial charge >= 0.3 is 0 Å². The minimum atomic E-state index is -3.14. The Hall–Kier alpha value is -2.73. The number of nitrogens with zero attached hydrogens (tertiary/aromatic N) is 2. The third kappa shape index (κ3) is 8.18. The Labute approximate surface area is 244 Å². The summed E-state index contributed by atoms with van der Waals surface area (Å²) in [5, 5.41) is 0. The van der Waals surface area contributed by atoms with Crippen LogP contribution in [0, 0.1) is 11.7 Å². The fraction of sp³-hybridized carbons (Fsp3) is 0.485. The molecular formula is C33H44FN2O4P. The zero-order valence-electron chi connectivity index (χ0n) is 25.1. The van der Waals surface area contributed by atoms with Gasteiger partial charge in [0, 0.05) is 42.6 Å². The van der Waals surface area contributed by atoms with E-state index in [4.69, 9.17) is 9.47 Å². The highest BCUT2D eigenvalue weighted by atomic mass is 31.2. The molecule has 1 fully saturated rings. The van der Waals surface area contributed by atoms with Gasteiger partial charge in [0.25, 0.3) is 0 Å². The molecule has 1 aromatic heterocycles. The first-order valence-electron chi connectivity index (χ1n) is 14.6. The first-order valence-corrected chi connectivity index (χ1v) is 16.6. The van der Waals surface area contributed by atoms with Crippen molar-refractivity contribution < 1.29 is 23.3 Å². The molecule has 0 saturated heterocycles. The summed E-state index contributed by atoms with van der Waals surface area (Å²) in [6.07, 6.45) is 4.02. The van der Waals surface area contributed by atoms with E-state index in [1.54, 1.807) is 13.0 Å². The van der Waals surface area contributed by atoms with Gasteiger partial charge in [-0.25, -0.2) is 9.37 Å². The minimum Gasteiger partial charge on any atom is -0.489 e. The van der Waals surface area contributed by atoms with Crippen molar-refractivity contribution in [3.8, 4) is 22.8 Å². The van der Waals surface area contributed by atoms with Crippen molar-refractivity contribution in [2.24, 2.45) is 5.92 Å². The predicted molar refractivity (Wildman–Crippen MR) is 163 cm³/mol. The summed E-state index contributed by atoms with van der Waals surface area (Å²) < 4.78 is 39.1. The second-order valence-electron chi connectivity index (χ2n) is 11.7. The van der Waals surface area contributed by atoms with Gasteiger partial charge in [0.15, 0.2) is 0 Å². The van der Waals surface area contributed by atoms with Crippen LogP contribution in [0.25, 0.3) is 11.1 Å². The number of halogens is 1. The number of ether oxygens (including phenoxy) is 2. The van der Waals surface area contributed by atoms with E-state index in [2.05, 4.69) is 43.6 Å². The largest absolute Gasteiger partial charge is 0.489 e. The lowest BCUT2D eigenvalue weighted by atomic mass is 9.96. The third-order valence-electron chi connectivity index (χ3n) is 8.04. The van der Waals surface area contributed by atoms with Crippen LogP contribution in [0.15, 0.2) is 54.7 Å². The van der Waals surface area contributed by atoms with E-state index in [1.165, 1.54) is 13.3 Å². The Bertz CT molecular complexity index is 1370. The van der Waals surface area contributed by atoms with Crippen molar-refractivity contribution in [3.05, 3.63) is 77.2 Å². The van der Waals surface area contributed by atoms with Crippen LogP contribution in [0.2, 0.25) is 0 Å². The Morgan fingerprint density at radius 3 is 2.44 bits per heavy atom. The van der Waals surface area contributed by atoms with Gasteiger partial charge in [0.2, 0.25) is 13.2 Å². The lowest BCUT2D eigenvalue weighted by Gasteiger charge is -2.31. The van der Waals surface area contributed by atoms with Crippen LogP contribution in [0.1, 0.15) is 70.1 Å². The molecule has 0 radical (unpaired) electrons. The molecule has 222 valence electrons. The maximum Gasteiger partial charge on any atom is 0.213 e. The standard InChI is InChI=1S/C33H44FN2O4P/c1-7-41(37,38)21-31(25-12-13-25)26-9-8-10-28(16-26)40-20-24-11-14-29(30-17-33(39-6)35-18-32(30)34)27(15-24)19-36(22(2)3)23(4)5/h8-11,14-18,22-23,25,31H,7,12-13,19-21H2,1-6H3,(H,37,38)/t31-/m0/s1. The zero-order valence-corrected chi connectivity index (χ0v) is 26.0. The molecule has 8 heteroatoms. The molecule has 0 amide bonds. The highest BCUT2D eigenvalue weighted by Crippen LogP contribution is 2.52. The molecule has 3 aromatic rings. The van der Waals surface area contributed by atoms with Crippen LogP contribution >= 0.6 is 7.37 Å². The summed E-state index contributed by atoms with van der Waals surface area (Å²) in [6, 6.07) is 16.2. The average Bonchev–Trinajstić information content (AvgIpc) is 3.79. The van der Waals surface area contributed by atoms with Gasteiger partial charge < -0.3 is 14.4 Å². The van der Waals surface area contributed by atoms with Crippen LogP contribution in [-0.2, 0) is 17.7 Å². The number of rotatable bonds is 14. The van der Waals surface area contributed by atoms with Gasteiger partial charge in [-0.1, -0.05) is 37.3 Å². The SMILES string of the molecule is CCP(=O)(O)C[C@H](c1cccc(OCc2ccc(-c3cc(OC)ncc3F)c(CN(C(C)C)C(C)C)c2)c1)C1CC1. The molecule has 0 aliphatic heterocycles. The number of methoxy groups -OCH3 is 1. The number of aromatic nitrogens is 1. The quantitative estimate of drug-likeness (QED) is 0.195. The van der Waals surface area contributed by atoms with E-state index in [0.29, 0.717) is 54.9 Å². The summed E-state index contributed by atoms with van der Waals surface area (Å²) in [7, 11) is -1.61. The van der Waals surface area contributed by atoms with Crippen molar-refractivity contribution in [2.45, 2.75) is 78.6 Å². The number of benzene rings is 2. The van der Waals surface area contributed by atoms with Gasteiger partial charge in [-0.15, -0.1) is 0 Å². The lowest BCUT2D eigenvalue weighted by Crippen LogP contribution is -2.36. The monoisotopic (exact) mass is 582 g/mol. The van der Waals surface area contributed by atoms with Crippen molar-refractivity contribution in [3.63, 3.8) is 0 Å². The first-order chi connectivity index (χ1) is 19.5. The maximum absolute atomic E-state index is 15.0. The average molecular weight is 583 g/mol. The lowest BCUT2D eigenvalue weighted by molar-refractivity contribution is 0.166. The van der Waals surface area contributed by atoms with E-state index in [0.717, 1.165) is 40.8 Å². The molecule has 2 atom stereocenters. The number of pyridine rings is 1. The molecule has 1 aliphatic carbocycles. The fourth-order valence-corrected chi connectivity index (χ4v) is 6.87. The molecule has 1 heterocycles. The van der Waals surface area contributed by atoms with Gasteiger partial charge in [-0.05, 0) is 86.8 Å². The van der Waals surface area contributed by atoms with Crippen molar-refractivity contribution in [1.29, 1.82) is 0 Å². The molecule has 41 heavy (non-hydrogen) atoms. The first kappa shape index (κ1) is 31.2. The molecule has 1 aliphatic rings. The normalized spacial score (nSPS) is 15.8. The minimum absolute atomic E-state index is 0.0746. The summed E-state index contributed by atoms with van der Waals surface area (Å²) >= 11 is 0. The topological polar surface area (TPSA) is 71.9 Å². The van der Waals surface area contributed by atoms with E-state index in [9.17, 15) is 13.8 Å². The summed E-state index contributed by atoms with van der Waals surface area (Å²) in [5.41, 5.74) is 4.31. The molecule has 0 spiro atoms. The highest BCUT2D eigenvalue weighted by Gasteiger charge is 2.36. The second-order valence-corrected chi connectivity index (χ2v) is 14.4. The van der Waals surface area contributed by atoms with Gasteiger partial charge in [0.05, 0.1) is 13.3 Å². The van der Waals surface area contributed by atoms with Crippen molar-refractivity contribution in [1.82, 2.24) is 9.88 Å². The van der Waals surface area contributed by atoms with Crippen LogP contribution in [0.5, 0.6) is 11.6 Å². The third-order valence-corrected chi connectivity index (χ3v) is 9.99. The van der Waals surface area contributed by atoms with E-state index < -0.39 is 13.2 Å². The van der Waals surface area contributed by atoms with E-state index in [1.807, 2.05) is 36.4 Å². The number of hydrogen-bond acceptors (Lipinski definition) is 5. The van der Waals surface area contributed by atoms with Gasteiger partial charge in [-0.3, -0.25) is 9.46 Å². The van der Waals surface area contributed by atoms with Crippen LogP contribution in [0.4, 0.5) is 4.39 Å². The van der Waals surface area contributed by atoms with Crippen LogP contribution < -0.4 is 9.47 Å². The Morgan fingerprint density at radius 1 is 1.07 bits per heavy atom. The van der Waals surface area contributed by atoms with Crippen molar-refractivity contribution in [2.75, 3.05) is 19.4 Å².